The number of carbonyl (C=O) groups excluding carboxylic acids is 5. The Kier molecular flexibility index (Phi) is 5.34. The van der Waals surface area contributed by atoms with Gasteiger partial charge in [-0.2, -0.15) is 0 Å². The molecule has 2 aliphatic heterocycles. The van der Waals surface area contributed by atoms with Crippen LogP contribution >= 0.6 is 0 Å². The fourth-order valence-electron chi connectivity index (χ4n) is 3.59. The molecule has 8 nitrogen and oxygen atoms in total. The minimum absolute atomic E-state index is 0.0103. The first-order valence-corrected chi connectivity index (χ1v) is 8.92. The minimum atomic E-state index is -1.02. The van der Waals surface area contributed by atoms with E-state index in [0.29, 0.717) is 19.4 Å². The number of amides is 3. The summed E-state index contributed by atoms with van der Waals surface area (Å²) in [5.74, 6) is -1.61. The Bertz CT molecular complexity index is 799. The lowest BCUT2D eigenvalue weighted by Crippen LogP contribution is -2.41. The highest BCUT2D eigenvalue weighted by Gasteiger charge is 2.40. The molecule has 8 heteroatoms. The van der Waals surface area contributed by atoms with Gasteiger partial charge in [0.15, 0.2) is 0 Å². The number of piperidine rings is 1. The van der Waals surface area contributed by atoms with Gasteiger partial charge in [0.25, 0.3) is 11.8 Å². The molecule has 2 heterocycles. The number of benzene rings is 1. The summed E-state index contributed by atoms with van der Waals surface area (Å²) in [5.41, 5.74) is 6.40. The molecule has 2 N–H and O–H groups in total. The second-order valence-corrected chi connectivity index (χ2v) is 6.88. The van der Waals surface area contributed by atoms with E-state index in [1.165, 1.54) is 0 Å². The normalized spacial score (nSPS) is 18.4. The van der Waals surface area contributed by atoms with Crippen molar-refractivity contribution in [3.8, 4) is 0 Å². The van der Waals surface area contributed by atoms with Crippen molar-refractivity contribution in [3.05, 3.63) is 29.3 Å². The van der Waals surface area contributed by atoms with Gasteiger partial charge in [0.2, 0.25) is 5.91 Å². The van der Waals surface area contributed by atoms with E-state index in [9.17, 15) is 24.0 Å². The van der Waals surface area contributed by atoms with Crippen LogP contribution in [0.15, 0.2) is 18.2 Å². The first kappa shape index (κ1) is 18.8. The third-order valence-electron chi connectivity index (χ3n) is 5.17. The summed E-state index contributed by atoms with van der Waals surface area (Å²) in [4.78, 5) is 61.6. The van der Waals surface area contributed by atoms with Crippen LogP contribution in [0, 0.1) is 5.92 Å². The van der Waals surface area contributed by atoms with Crippen molar-refractivity contribution in [1.29, 1.82) is 0 Å². The molecule has 0 aromatic heterocycles. The van der Waals surface area contributed by atoms with E-state index < -0.39 is 23.8 Å². The summed E-state index contributed by atoms with van der Waals surface area (Å²) < 4.78 is 0. The van der Waals surface area contributed by atoms with Crippen molar-refractivity contribution < 1.29 is 24.0 Å². The Morgan fingerprint density at radius 1 is 1.15 bits per heavy atom. The molecule has 1 fully saturated rings. The molecule has 1 saturated heterocycles. The highest BCUT2D eigenvalue weighted by atomic mass is 16.2. The Hall–Kier alpha value is -3.03. The van der Waals surface area contributed by atoms with E-state index in [1.807, 2.05) is 0 Å². The van der Waals surface area contributed by atoms with Crippen LogP contribution in [-0.2, 0) is 14.4 Å². The number of fused-ring (bicyclic) bond motifs is 1. The zero-order chi connectivity index (χ0) is 19.6. The van der Waals surface area contributed by atoms with Gasteiger partial charge in [0.1, 0.15) is 12.6 Å². The third kappa shape index (κ3) is 3.60. The van der Waals surface area contributed by atoms with Crippen LogP contribution < -0.4 is 10.6 Å². The molecule has 0 saturated carbocycles. The van der Waals surface area contributed by atoms with Crippen molar-refractivity contribution in [2.45, 2.75) is 31.7 Å². The molecule has 0 spiro atoms. The second kappa shape index (κ2) is 7.69. The predicted octanol–water partition coefficient (Wildman–Crippen LogP) is 0.531. The third-order valence-corrected chi connectivity index (χ3v) is 5.17. The lowest BCUT2D eigenvalue weighted by atomic mass is 9.97. The van der Waals surface area contributed by atoms with E-state index in [4.69, 9.17) is 5.73 Å². The molecule has 27 heavy (non-hydrogen) atoms. The second-order valence-electron chi connectivity index (χ2n) is 6.88. The maximum Gasteiger partial charge on any atom is 0.262 e. The quantitative estimate of drug-likeness (QED) is 0.552. The smallest absolute Gasteiger partial charge is 0.262 e. The minimum Gasteiger partial charge on any atom is -0.371 e. The molecule has 1 atom stereocenters. The average Bonchev–Trinajstić information content (AvgIpc) is 2.93. The van der Waals surface area contributed by atoms with Crippen LogP contribution in [0.25, 0.3) is 0 Å². The van der Waals surface area contributed by atoms with Gasteiger partial charge in [-0.25, -0.2) is 0 Å². The van der Waals surface area contributed by atoms with Crippen LogP contribution in [0.1, 0.15) is 46.4 Å². The number of nitrogens with zero attached hydrogens (tertiary/aromatic N) is 2. The molecule has 3 amide bonds. The lowest BCUT2D eigenvalue weighted by Gasteiger charge is -2.31. The van der Waals surface area contributed by atoms with Gasteiger partial charge in [-0.1, -0.05) is 0 Å². The summed E-state index contributed by atoms with van der Waals surface area (Å²) in [7, 11) is 0. The molecule has 1 unspecified atom stereocenters. The number of hydrogen-bond acceptors (Lipinski definition) is 6. The molecule has 0 bridgehead atoms. The largest absolute Gasteiger partial charge is 0.371 e. The molecule has 2 aliphatic rings. The molecule has 142 valence electrons. The summed E-state index contributed by atoms with van der Waals surface area (Å²) in [6.45, 7) is 1.40. The summed E-state index contributed by atoms with van der Waals surface area (Å²) in [5, 5.41) is 0. The van der Waals surface area contributed by atoms with Gasteiger partial charge in [0.05, 0.1) is 17.2 Å². The fraction of sp³-hybridized carbons (Fsp3) is 0.421. The Morgan fingerprint density at radius 2 is 1.81 bits per heavy atom. The number of imide groups is 1. The molecule has 1 aromatic rings. The van der Waals surface area contributed by atoms with E-state index in [1.54, 1.807) is 18.2 Å². The van der Waals surface area contributed by atoms with Crippen LogP contribution in [-0.4, -0.2) is 54.3 Å². The molecular weight excluding hydrogens is 350 g/mol. The van der Waals surface area contributed by atoms with E-state index >= 15 is 0 Å². The standard InChI is InChI=1S/C19H21N3O5/c20-17(25)4-2-14(11-24)22-18(26)15-3-1-13(9-16(15)19(22)27)21-7-5-12(10-23)6-8-21/h1,3,9-12,14H,2,4-8H2,(H2,20,25). The SMILES string of the molecule is NC(=O)CCC(C=O)N1C(=O)c2ccc(N3CCC(C=O)CC3)cc2C1=O. The van der Waals surface area contributed by atoms with E-state index in [-0.39, 0.29) is 29.9 Å². The van der Waals surface area contributed by atoms with Crippen LogP contribution in [0.5, 0.6) is 0 Å². The molecular formula is C19H21N3O5. The van der Waals surface area contributed by atoms with Crippen molar-refractivity contribution in [2.75, 3.05) is 18.0 Å². The zero-order valence-electron chi connectivity index (χ0n) is 14.8. The predicted molar refractivity (Wildman–Crippen MR) is 96.2 cm³/mol. The van der Waals surface area contributed by atoms with Gasteiger partial charge >= 0.3 is 0 Å². The van der Waals surface area contributed by atoms with Crippen molar-refractivity contribution in [1.82, 2.24) is 4.90 Å². The van der Waals surface area contributed by atoms with Crippen molar-refractivity contribution in [2.24, 2.45) is 11.7 Å². The average molecular weight is 371 g/mol. The Balaban J connectivity index is 1.81. The monoisotopic (exact) mass is 371 g/mol. The maximum absolute atomic E-state index is 12.8. The van der Waals surface area contributed by atoms with Crippen molar-refractivity contribution >= 4 is 36.0 Å². The summed E-state index contributed by atoms with van der Waals surface area (Å²) in [6.07, 6.45) is 2.89. The summed E-state index contributed by atoms with van der Waals surface area (Å²) >= 11 is 0. The Morgan fingerprint density at radius 3 is 2.41 bits per heavy atom. The molecule has 1 aromatic carbocycles. The summed E-state index contributed by atoms with van der Waals surface area (Å²) in [6, 6.07) is 4.00. The van der Waals surface area contributed by atoms with Gasteiger partial charge in [-0.3, -0.25) is 19.3 Å². The molecule has 0 aliphatic carbocycles. The lowest BCUT2D eigenvalue weighted by molar-refractivity contribution is -0.118. The topological polar surface area (TPSA) is 118 Å². The first-order chi connectivity index (χ1) is 13.0. The van der Waals surface area contributed by atoms with Crippen LogP contribution in [0.3, 0.4) is 0 Å². The van der Waals surface area contributed by atoms with E-state index in [2.05, 4.69) is 4.90 Å². The van der Waals surface area contributed by atoms with Gasteiger partial charge in [-0.15, -0.1) is 0 Å². The highest BCUT2D eigenvalue weighted by Crippen LogP contribution is 2.31. The number of nitrogens with two attached hydrogens (primary N) is 1. The highest BCUT2D eigenvalue weighted by molar-refractivity contribution is 6.22. The number of carbonyl (C=O) groups is 5. The van der Waals surface area contributed by atoms with Gasteiger partial charge in [-0.05, 0) is 37.5 Å². The fourth-order valence-corrected chi connectivity index (χ4v) is 3.59. The first-order valence-electron chi connectivity index (χ1n) is 8.92. The number of aldehydes is 2. The Labute approximate surface area is 156 Å². The molecule has 0 radical (unpaired) electrons. The number of rotatable bonds is 7. The van der Waals surface area contributed by atoms with E-state index in [0.717, 1.165) is 29.7 Å². The van der Waals surface area contributed by atoms with Crippen LogP contribution in [0.4, 0.5) is 5.69 Å². The van der Waals surface area contributed by atoms with Crippen LogP contribution in [0.2, 0.25) is 0 Å². The van der Waals surface area contributed by atoms with Gasteiger partial charge < -0.3 is 20.2 Å². The van der Waals surface area contributed by atoms with Gasteiger partial charge in [0, 0.05) is 31.1 Å². The van der Waals surface area contributed by atoms with Crippen molar-refractivity contribution in [3.63, 3.8) is 0 Å². The zero-order valence-corrected chi connectivity index (χ0v) is 14.8. The number of anilines is 1. The maximum atomic E-state index is 12.8. The number of hydrogen-bond donors (Lipinski definition) is 1. The number of primary amides is 1. The molecule has 3 rings (SSSR count).